The molecule has 9 heavy (non-hydrogen) atoms. The van der Waals surface area contributed by atoms with E-state index in [9.17, 15) is 0 Å². The van der Waals surface area contributed by atoms with Crippen molar-refractivity contribution in [3.63, 3.8) is 0 Å². The van der Waals surface area contributed by atoms with E-state index in [1.807, 2.05) is 0 Å². The first-order valence-electron chi connectivity index (χ1n) is 4.16. The maximum atomic E-state index is 4.07. The first kappa shape index (κ1) is 7.11. The van der Waals surface area contributed by atoms with Crippen molar-refractivity contribution in [2.75, 3.05) is 0 Å². The molecule has 0 aromatic carbocycles. The Balaban J connectivity index is 2.18. The van der Waals surface area contributed by atoms with E-state index in [1.54, 1.807) is 0 Å². The van der Waals surface area contributed by atoms with Gasteiger partial charge in [-0.1, -0.05) is 46.0 Å². The fourth-order valence-electron chi connectivity index (χ4n) is 1.64. The van der Waals surface area contributed by atoms with Crippen molar-refractivity contribution in [3.8, 4) is 0 Å². The summed E-state index contributed by atoms with van der Waals surface area (Å²) >= 11 is 0. The molecule has 1 aliphatic rings. The summed E-state index contributed by atoms with van der Waals surface area (Å²) < 4.78 is 0. The van der Waals surface area contributed by atoms with Crippen LogP contribution >= 0.6 is 0 Å². The summed E-state index contributed by atoms with van der Waals surface area (Å²) in [4.78, 5) is 0. The van der Waals surface area contributed by atoms with Crippen molar-refractivity contribution in [1.29, 1.82) is 0 Å². The molecule has 0 spiro atoms. The molecule has 0 aromatic heterocycles. The average Bonchev–Trinajstić information content (AvgIpc) is 1.90. The van der Waals surface area contributed by atoms with Gasteiger partial charge in [0.15, 0.2) is 0 Å². The summed E-state index contributed by atoms with van der Waals surface area (Å²) in [6.07, 6.45) is 7.00. The summed E-state index contributed by atoms with van der Waals surface area (Å²) in [6.45, 7) is 6.37. The normalized spacial score (nSPS) is 36.7. The second-order valence-corrected chi connectivity index (χ2v) is 3.29. The van der Waals surface area contributed by atoms with Gasteiger partial charge in [0.2, 0.25) is 0 Å². The summed E-state index contributed by atoms with van der Waals surface area (Å²) in [6, 6.07) is 0. The monoisotopic (exact) mass is 125 g/mol. The lowest BCUT2D eigenvalue weighted by Crippen LogP contribution is -2.11. The first-order chi connectivity index (χ1) is 4.33. The predicted octanol–water partition coefficient (Wildman–Crippen LogP) is 3.04. The molecule has 0 heterocycles. The van der Waals surface area contributed by atoms with E-state index in [-0.39, 0.29) is 0 Å². The standard InChI is InChI=1S/C9H17/c1-3-9-6-4-8(2)5-7-9/h8-9H,2-7H2,1H3. The molecule has 0 saturated heterocycles. The molecule has 0 heteroatoms. The van der Waals surface area contributed by atoms with Crippen LogP contribution < -0.4 is 0 Å². The van der Waals surface area contributed by atoms with Crippen LogP contribution in [0.2, 0.25) is 0 Å². The molecule has 0 amide bonds. The van der Waals surface area contributed by atoms with Gasteiger partial charge in [-0.25, -0.2) is 0 Å². The molecule has 53 valence electrons. The topological polar surface area (TPSA) is 0 Å². The van der Waals surface area contributed by atoms with E-state index in [2.05, 4.69) is 13.8 Å². The lowest BCUT2D eigenvalue weighted by molar-refractivity contribution is 0.302. The van der Waals surface area contributed by atoms with Gasteiger partial charge in [-0.3, -0.25) is 0 Å². The second kappa shape index (κ2) is 3.24. The first-order valence-corrected chi connectivity index (χ1v) is 4.16. The Kier molecular flexibility index (Phi) is 2.56. The van der Waals surface area contributed by atoms with Gasteiger partial charge in [0.25, 0.3) is 0 Å². The number of rotatable bonds is 1. The zero-order chi connectivity index (χ0) is 6.69. The van der Waals surface area contributed by atoms with E-state index in [4.69, 9.17) is 0 Å². The summed E-state index contributed by atoms with van der Waals surface area (Å²) in [5.74, 6) is 1.80. The maximum Gasteiger partial charge on any atom is -0.0414 e. The molecule has 0 bridgehead atoms. The van der Waals surface area contributed by atoms with Gasteiger partial charge >= 0.3 is 0 Å². The third-order valence-corrected chi connectivity index (χ3v) is 2.54. The highest BCUT2D eigenvalue weighted by Crippen LogP contribution is 2.29. The fraction of sp³-hybridized carbons (Fsp3) is 0.889. The highest BCUT2D eigenvalue weighted by atomic mass is 14.2. The van der Waals surface area contributed by atoms with Crippen LogP contribution in [0.5, 0.6) is 0 Å². The van der Waals surface area contributed by atoms with Gasteiger partial charge in [-0.2, -0.15) is 0 Å². The fourth-order valence-corrected chi connectivity index (χ4v) is 1.64. The average molecular weight is 125 g/mol. The van der Waals surface area contributed by atoms with Crippen LogP contribution in [0.15, 0.2) is 0 Å². The van der Waals surface area contributed by atoms with Crippen molar-refractivity contribution in [2.45, 2.75) is 39.0 Å². The Morgan fingerprint density at radius 2 is 1.78 bits per heavy atom. The molecule has 1 aliphatic carbocycles. The molecule has 0 aliphatic heterocycles. The minimum atomic E-state index is 0.771. The van der Waals surface area contributed by atoms with Crippen LogP contribution in [0.25, 0.3) is 0 Å². The maximum absolute atomic E-state index is 4.07. The van der Waals surface area contributed by atoms with Gasteiger partial charge in [-0.05, 0) is 11.8 Å². The molecule has 0 atom stereocenters. The third kappa shape index (κ3) is 2.00. The highest BCUT2D eigenvalue weighted by Gasteiger charge is 2.15. The van der Waals surface area contributed by atoms with Crippen molar-refractivity contribution < 1.29 is 0 Å². The summed E-state index contributed by atoms with van der Waals surface area (Å²) in [7, 11) is 0. The van der Waals surface area contributed by atoms with Gasteiger partial charge in [0.05, 0.1) is 0 Å². The van der Waals surface area contributed by atoms with Crippen LogP contribution in [0.4, 0.5) is 0 Å². The van der Waals surface area contributed by atoms with E-state index in [0.717, 1.165) is 11.8 Å². The van der Waals surface area contributed by atoms with Crippen LogP contribution in [0.1, 0.15) is 39.0 Å². The summed E-state index contributed by atoms with van der Waals surface area (Å²) in [5.41, 5.74) is 0. The molecule has 0 aromatic rings. The van der Waals surface area contributed by atoms with E-state index >= 15 is 0 Å². The van der Waals surface area contributed by atoms with Gasteiger partial charge < -0.3 is 0 Å². The van der Waals surface area contributed by atoms with E-state index in [0.29, 0.717) is 0 Å². The Labute approximate surface area is 58.7 Å². The SMILES string of the molecule is [CH2]C1CCC(CC)CC1. The Hall–Kier alpha value is 0. The number of hydrogen-bond donors (Lipinski definition) is 0. The van der Waals surface area contributed by atoms with E-state index < -0.39 is 0 Å². The van der Waals surface area contributed by atoms with Gasteiger partial charge in [0, 0.05) is 0 Å². The third-order valence-electron chi connectivity index (χ3n) is 2.54. The smallest absolute Gasteiger partial charge is 0.0414 e. The molecule has 1 saturated carbocycles. The minimum Gasteiger partial charge on any atom is -0.0651 e. The van der Waals surface area contributed by atoms with E-state index in [1.165, 1.54) is 32.1 Å². The van der Waals surface area contributed by atoms with Crippen molar-refractivity contribution in [2.24, 2.45) is 11.8 Å². The quantitative estimate of drug-likeness (QED) is 0.505. The minimum absolute atomic E-state index is 0.771. The molecule has 0 nitrogen and oxygen atoms in total. The van der Waals surface area contributed by atoms with Crippen LogP contribution in [0, 0.1) is 18.8 Å². The largest absolute Gasteiger partial charge is 0.0651 e. The zero-order valence-corrected chi connectivity index (χ0v) is 6.40. The Bertz CT molecular complexity index is 68.1. The van der Waals surface area contributed by atoms with Gasteiger partial charge in [0.1, 0.15) is 0 Å². The van der Waals surface area contributed by atoms with Crippen molar-refractivity contribution in [3.05, 3.63) is 6.92 Å². The highest BCUT2D eigenvalue weighted by molar-refractivity contribution is 4.72. The molecule has 1 rings (SSSR count). The Morgan fingerprint density at radius 1 is 1.22 bits per heavy atom. The molecule has 1 radical (unpaired) electrons. The lowest BCUT2D eigenvalue weighted by Gasteiger charge is -2.24. The van der Waals surface area contributed by atoms with Gasteiger partial charge in [-0.15, -0.1) is 0 Å². The Morgan fingerprint density at radius 3 is 2.22 bits per heavy atom. The number of hydrogen-bond acceptors (Lipinski definition) is 0. The van der Waals surface area contributed by atoms with Crippen LogP contribution in [-0.4, -0.2) is 0 Å². The molecule has 0 unspecified atom stereocenters. The second-order valence-electron chi connectivity index (χ2n) is 3.29. The molecule has 1 fully saturated rings. The summed E-state index contributed by atoms with van der Waals surface area (Å²) in [5, 5.41) is 0. The van der Waals surface area contributed by atoms with Crippen LogP contribution in [-0.2, 0) is 0 Å². The zero-order valence-electron chi connectivity index (χ0n) is 6.40. The van der Waals surface area contributed by atoms with Crippen molar-refractivity contribution in [1.82, 2.24) is 0 Å². The lowest BCUT2D eigenvalue weighted by atomic mass is 9.82. The molecular formula is C9H17. The predicted molar refractivity (Wildman–Crippen MR) is 41.1 cm³/mol. The van der Waals surface area contributed by atoms with Crippen LogP contribution in [0.3, 0.4) is 0 Å². The van der Waals surface area contributed by atoms with Crippen molar-refractivity contribution >= 4 is 0 Å². The molecular weight excluding hydrogens is 108 g/mol. The molecule has 0 N–H and O–H groups in total.